The number of sulfonamides is 1. The molecule has 2 aliphatic rings. The van der Waals surface area contributed by atoms with Crippen LogP contribution in [0, 0.1) is 0 Å². The van der Waals surface area contributed by atoms with Gasteiger partial charge in [-0.2, -0.15) is 0 Å². The summed E-state index contributed by atoms with van der Waals surface area (Å²) in [6.07, 6.45) is 4.94. The van der Waals surface area contributed by atoms with Gasteiger partial charge in [-0.25, -0.2) is 17.7 Å². The van der Waals surface area contributed by atoms with E-state index in [-0.39, 0.29) is 9.92 Å². The van der Waals surface area contributed by atoms with E-state index in [1.54, 1.807) is 30.4 Å². The maximum absolute atomic E-state index is 12.4. The third-order valence-corrected chi connectivity index (χ3v) is 4.95. The Morgan fingerprint density at radius 1 is 1.33 bits per heavy atom. The van der Waals surface area contributed by atoms with Crippen LogP contribution in [0.4, 0.5) is 5.69 Å². The van der Waals surface area contributed by atoms with Gasteiger partial charge in [0.05, 0.1) is 10.7 Å². The first kappa shape index (κ1) is 11.5. The van der Waals surface area contributed by atoms with Crippen LogP contribution in [-0.2, 0) is 10.0 Å². The van der Waals surface area contributed by atoms with Gasteiger partial charge in [-0.3, -0.25) is 0 Å². The van der Waals surface area contributed by atoms with Crippen molar-refractivity contribution in [3.05, 3.63) is 47.1 Å². The molecule has 0 fully saturated rings. The molecule has 92 valence electrons. The number of nitrogens with zero attached hydrogens (tertiary/aromatic N) is 2. The summed E-state index contributed by atoms with van der Waals surface area (Å²) in [5.74, 6) is 0.393. The van der Waals surface area contributed by atoms with E-state index in [4.69, 9.17) is 11.6 Å². The van der Waals surface area contributed by atoms with Crippen molar-refractivity contribution in [1.82, 2.24) is 4.31 Å². The second kappa shape index (κ2) is 3.70. The summed E-state index contributed by atoms with van der Waals surface area (Å²) in [4.78, 5) is 4.39. The van der Waals surface area contributed by atoms with Crippen molar-refractivity contribution < 1.29 is 8.42 Å². The molecule has 0 bridgehead atoms. The van der Waals surface area contributed by atoms with Gasteiger partial charge < -0.3 is 0 Å². The Kier molecular flexibility index (Phi) is 2.36. The summed E-state index contributed by atoms with van der Waals surface area (Å²) in [5.41, 5.74) is 1.33. The van der Waals surface area contributed by atoms with Gasteiger partial charge in [0.15, 0.2) is 0 Å². The molecule has 6 heteroatoms. The second-order valence-electron chi connectivity index (χ2n) is 4.06. The minimum absolute atomic E-state index is 0.0630. The van der Waals surface area contributed by atoms with Crippen LogP contribution >= 0.6 is 11.6 Å². The predicted octanol–water partition coefficient (Wildman–Crippen LogP) is 2.85. The number of benzene rings is 1. The van der Waals surface area contributed by atoms with Crippen LogP contribution in [0.2, 0.25) is 5.02 Å². The first-order chi connectivity index (χ1) is 8.50. The lowest BCUT2D eigenvalue weighted by atomic mass is 10.2. The Morgan fingerprint density at radius 2 is 2.11 bits per heavy atom. The fourth-order valence-electron chi connectivity index (χ4n) is 1.92. The van der Waals surface area contributed by atoms with E-state index >= 15 is 0 Å². The largest absolute Gasteiger partial charge is 0.272 e. The van der Waals surface area contributed by atoms with E-state index in [2.05, 4.69) is 4.99 Å². The predicted molar refractivity (Wildman–Crippen MR) is 70.5 cm³/mol. The molecule has 0 unspecified atom stereocenters. The molecule has 0 saturated heterocycles. The number of fused-ring (bicyclic) bond motifs is 2. The molecule has 1 aromatic rings. The van der Waals surface area contributed by atoms with Crippen LogP contribution in [0.5, 0.6) is 0 Å². The highest BCUT2D eigenvalue weighted by molar-refractivity contribution is 7.90. The molecule has 0 aliphatic carbocycles. The molecule has 18 heavy (non-hydrogen) atoms. The van der Waals surface area contributed by atoms with Crippen LogP contribution in [-0.4, -0.2) is 18.6 Å². The van der Waals surface area contributed by atoms with Gasteiger partial charge in [-0.15, -0.1) is 0 Å². The third kappa shape index (κ3) is 1.51. The SMILES string of the molecule is CC1=CC2=Nc3cccc(Cl)c3S(=O)(=O)N2C=C1. The first-order valence-corrected chi connectivity index (χ1v) is 7.10. The van der Waals surface area contributed by atoms with E-state index in [0.717, 1.165) is 9.88 Å². The molecule has 0 amide bonds. The number of amidine groups is 1. The van der Waals surface area contributed by atoms with E-state index in [1.807, 2.05) is 6.92 Å². The monoisotopic (exact) mass is 280 g/mol. The van der Waals surface area contributed by atoms with Crippen LogP contribution < -0.4 is 0 Å². The second-order valence-corrected chi connectivity index (χ2v) is 6.22. The van der Waals surface area contributed by atoms with E-state index in [0.29, 0.717) is 11.5 Å². The lowest BCUT2D eigenvalue weighted by molar-refractivity contribution is 0.560. The summed E-state index contributed by atoms with van der Waals surface area (Å²) < 4.78 is 26.0. The van der Waals surface area contributed by atoms with Gasteiger partial charge in [-0.05, 0) is 36.8 Å². The highest BCUT2D eigenvalue weighted by atomic mass is 35.5. The van der Waals surface area contributed by atoms with Crippen molar-refractivity contribution in [2.75, 3.05) is 0 Å². The number of allylic oxidation sites excluding steroid dienone is 2. The minimum atomic E-state index is -3.66. The summed E-state index contributed by atoms with van der Waals surface area (Å²) in [6.45, 7) is 1.89. The summed E-state index contributed by atoms with van der Waals surface area (Å²) in [7, 11) is -3.66. The Balaban J connectivity index is 2.36. The first-order valence-electron chi connectivity index (χ1n) is 5.28. The lowest BCUT2D eigenvalue weighted by Crippen LogP contribution is -2.35. The Labute approximate surface area is 110 Å². The maximum atomic E-state index is 12.4. The fraction of sp³-hybridized carbons (Fsp3) is 0.0833. The van der Waals surface area contributed by atoms with Crippen molar-refractivity contribution in [2.45, 2.75) is 11.8 Å². The molecule has 0 atom stereocenters. The third-order valence-electron chi connectivity index (χ3n) is 2.75. The quantitative estimate of drug-likeness (QED) is 0.734. The van der Waals surface area contributed by atoms with Crippen molar-refractivity contribution >= 4 is 33.1 Å². The van der Waals surface area contributed by atoms with Crippen LogP contribution in [0.3, 0.4) is 0 Å². The summed E-state index contributed by atoms with van der Waals surface area (Å²) in [5, 5.41) is 0.190. The molecule has 0 N–H and O–H groups in total. The van der Waals surface area contributed by atoms with Gasteiger partial charge >= 0.3 is 0 Å². The van der Waals surface area contributed by atoms with Crippen LogP contribution in [0.1, 0.15) is 6.92 Å². The van der Waals surface area contributed by atoms with Gasteiger partial charge in [0.1, 0.15) is 10.7 Å². The summed E-state index contributed by atoms with van der Waals surface area (Å²) in [6, 6.07) is 4.88. The fourth-order valence-corrected chi connectivity index (χ4v) is 3.84. The molecule has 0 saturated carbocycles. The summed E-state index contributed by atoms with van der Waals surface area (Å²) >= 11 is 5.97. The van der Waals surface area contributed by atoms with E-state index in [1.165, 1.54) is 6.20 Å². The zero-order valence-electron chi connectivity index (χ0n) is 9.46. The van der Waals surface area contributed by atoms with Crippen LogP contribution in [0.25, 0.3) is 0 Å². The van der Waals surface area contributed by atoms with E-state index < -0.39 is 10.0 Å². The Bertz CT molecular complexity index is 732. The molecule has 3 rings (SSSR count). The van der Waals surface area contributed by atoms with Gasteiger partial charge in [0, 0.05) is 6.20 Å². The minimum Gasteiger partial charge on any atom is -0.229 e. The molecule has 1 aromatic carbocycles. The number of hydrogen-bond acceptors (Lipinski definition) is 3. The topological polar surface area (TPSA) is 49.7 Å². The van der Waals surface area contributed by atoms with Crippen LogP contribution in [0.15, 0.2) is 52.0 Å². The molecule has 0 aromatic heterocycles. The van der Waals surface area contributed by atoms with Crippen molar-refractivity contribution in [1.29, 1.82) is 0 Å². The van der Waals surface area contributed by atoms with Crippen molar-refractivity contribution in [3.63, 3.8) is 0 Å². The highest BCUT2D eigenvalue weighted by Crippen LogP contribution is 2.38. The number of halogens is 1. The molecule has 0 radical (unpaired) electrons. The molecule has 4 nitrogen and oxygen atoms in total. The highest BCUT2D eigenvalue weighted by Gasteiger charge is 2.34. The number of aliphatic imine (C=N–C) groups is 1. The van der Waals surface area contributed by atoms with Gasteiger partial charge in [-0.1, -0.05) is 17.7 Å². The smallest absolute Gasteiger partial charge is 0.229 e. The van der Waals surface area contributed by atoms with Crippen molar-refractivity contribution in [2.24, 2.45) is 4.99 Å². The van der Waals surface area contributed by atoms with Gasteiger partial charge in [0.2, 0.25) is 0 Å². The molecule has 2 heterocycles. The standard InChI is InChI=1S/C12H9ClN2O2S/c1-8-5-6-15-11(7-8)14-10-4-2-3-9(13)12(10)18(15,16)17/h2-7H,1H3. The molecular weight excluding hydrogens is 272 g/mol. The normalized spacial score (nSPS) is 19.8. The zero-order chi connectivity index (χ0) is 12.9. The molecule has 2 aliphatic heterocycles. The Morgan fingerprint density at radius 3 is 2.89 bits per heavy atom. The molecule has 0 spiro atoms. The van der Waals surface area contributed by atoms with E-state index in [9.17, 15) is 8.42 Å². The Hall–Kier alpha value is -1.59. The maximum Gasteiger partial charge on any atom is 0.272 e. The molecular formula is C12H9ClN2O2S. The zero-order valence-corrected chi connectivity index (χ0v) is 11.0. The van der Waals surface area contributed by atoms with Gasteiger partial charge in [0.25, 0.3) is 10.0 Å². The number of rotatable bonds is 0. The average molecular weight is 281 g/mol. The van der Waals surface area contributed by atoms with Crippen molar-refractivity contribution in [3.8, 4) is 0 Å². The lowest BCUT2D eigenvalue weighted by Gasteiger charge is -2.28. The number of hydrogen-bond donors (Lipinski definition) is 0. The average Bonchev–Trinajstić information content (AvgIpc) is 2.27.